The van der Waals surface area contributed by atoms with Crippen molar-refractivity contribution in [1.29, 1.82) is 0 Å². The maximum absolute atomic E-state index is 13.1. The number of rotatable bonds is 5. The van der Waals surface area contributed by atoms with Gasteiger partial charge in [-0.3, -0.25) is 4.79 Å². The molecule has 1 aliphatic rings. The van der Waals surface area contributed by atoms with Crippen LogP contribution in [0.5, 0.6) is 0 Å². The highest BCUT2D eigenvalue weighted by Gasteiger charge is 2.32. The van der Waals surface area contributed by atoms with Crippen LogP contribution < -0.4 is 0 Å². The zero-order chi connectivity index (χ0) is 22.1. The van der Waals surface area contributed by atoms with Crippen LogP contribution in [0.25, 0.3) is 0 Å². The number of hydrogen-bond donors (Lipinski definition) is 0. The Hall–Kier alpha value is -1.64. The Morgan fingerprint density at radius 2 is 1.77 bits per heavy atom. The van der Waals surface area contributed by atoms with Gasteiger partial charge in [0.05, 0.1) is 27.1 Å². The first kappa shape index (κ1) is 23.0. The van der Waals surface area contributed by atoms with Gasteiger partial charge in [0.1, 0.15) is 0 Å². The summed E-state index contributed by atoms with van der Waals surface area (Å²) in [7, 11) is -2.11. The fraction of sp³-hybridized carbons (Fsp3) is 0.381. The molecule has 0 radical (unpaired) electrons. The van der Waals surface area contributed by atoms with Crippen molar-refractivity contribution in [2.24, 2.45) is 0 Å². The zero-order valence-corrected chi connectivity index (χ0v) is 19.3. The number of hydrogen-bond acceptors (Lipinski definition) is 4. The first-order chi connectivity index (χ1) is 14.1. The lowest BCUT2D eigenvalue weighted by Gasteiger charge is -2.34. The van der Waals surface area contributed by atoms with Crippen LogP contribution in [0.2, 0.25) is 10.0 Å². The molecule has 0 aromatic heterocycles. The second-order valence-electron chi connectivity index (χ2n) is 7.48. The number of morpholine rings is 1. The van der Waals surface area contributed by atoms with Crippen LogP contribution in [0.3, 0.4) is 0 Å². The molecule has 1 amide bonds. The number of carbonyl (C=O) groups is 1. The molecule has 0 spiro atoms. The predicted molar refractivity (Wildman–Crippen MR) is 117 cm³/mol. The van der Waals surface area contributed by atoms with Gasteiger partial charge in [0.2, 0.25) is 10.0 Å². The van der Waals surface area contributed by atoms with Crippen molar-refractivity contribution in [2.75, 3.05) is 20.1 Å². The SMILES string of the molecule is C[C@@H]1CN(S(=O)(=O)c2cccc(C(=O)N(C)Cc3cccc(Cl)c3Cl)c2)C[C@H](C)O1. The van der Waals surface area contributed by atoms with Crippen LogP contribution in [-0.2, 0) is 21.3 Å². The number of benzene rings is 2. The van der Waals surface area contributed by atoms with Crippen molar-refractivity contribution in [1.82, 2.24) is 9.21 Å². The third-order valence-corrected chi connectivity index (χ3v) is 7.58. The van der Waals surface area contributed by atoms with Crippen LogP contribution in [0.15, 0.2) is 47.4 Å². The maximum Gasteiger partial charge on any atom is 0.253 e. The minimum absolute atomic E-state index is 0.0869. The predicted octanol–water partition coefficient (Wildman–Crippen LogP) is 4.06. The van der Waals surface area contributed by atoms with E-state index in [0.29, 0.717) is 15.6 Å². The third-order valence-electron chi connectivity index (χ3n) is 4.89. The van der Waals surface area contributed by atoms with E-state index in [4.69, 9.17) is 27.9 Å². The number of halogens is 2. The summed E-state index contributed by atoms with van der Waals surface area (Å²) in [6, 6.07) is 11.3. The van der Waals surface area contributed by atoms with Gasteiger partial charge in [-0.05, 0) is 43.7 Å². The molecular weight excluding hydrogens is 447 g/mol. The fourth-order valence-corrected chi connectivity index (χ4v) is 5.50. The van der Waals surface area contributed by atoms with Crippen molar-refractivity contribution in [3.05, 3.63) is 63.6 Å². The summed E-state index contributed by atoms with van der Waals surface area (Å²) in [4.78, 5) is 14.5. The highest BCUT2D eigenvalue weighted by atomic mass is 35.5. The summed E-state index contributed by atoms with van der Waals surface area (Å²) in [6.45, 7) is 4.48. The van der Waals surface area contributed by atoms with Crippen LogP contribution in [0.1, 0.15) is 29.8 Å². The Morgan fingerprint density at radius 1 is 1.13 bits per heavy atom. The van der Waals surface area contributed by atoms with Crippen molar-refractivity contribution in [3.8, 4) is 0 Å². The van der Waals surface area contributed by atoms with E-state index in [1.54, 1.807) is 37.4 Å². The summed E-state index contributed by atoms with van der Waals surface area (Å²) in [5.74, 6) is -0.313. The van der Waals surface area contributed by atoms with E-state index in [1.165, 1.54) is 21.3 Å². The summed E-state index contributed by atoms with van der Waals surface area (Å²) >= 11 is 12.3. The Morgan fingerprint density at radius 3 is 2.43 bits per heavy atom. The van der Waals surface area contributed by atoms with Gasteiger partial charge < -0.3 is 9.64 Å². The first-order valence-corrected chi connectivity index (χ1v) is 11.7. The molecule has 2 aromatic rings. The largest absolute Gasteiger partial charge is 0.373 e. The normalized spacial score (nSPS) is 20.2. The van der Waals surface area contributed by atoms with Crippen LogP contribution in [0, 0.1) is 0 Å². The fourth-order valence-electron chi connectivity index (χ4n) is 3.48. The molecule has 0 bridgehead atoms. The van der Waals surface area contributed by atoms with E-state index in [0.717, 1.165) is 0 Å². The Kier molecular flexibility index (Phi) is 7.09. The summed E-state index contributed by atoms with van der Waals surface area (Å²) < 4.78 is 33.3. The van der Waals surface area contributed by atoms with Gasteiger partial charge in [-0.1, -0.05) is 41.4 Å². The number of ether oxygens (including phenoxy) is 1. The standard InChI is InChI=1S/C21H24Cl2N2O4S/c1-14-11-25(12-15(2)29-14)30(27,28)18-8-4-6-16(10-18)21(26)24(3)13-17-7-5-9-19(22)20(17)23/h4-10,14-15H,11-13H2,1-3H3/t14-,15+. The van der Waals surface area contributed by atoms with Gasteiger partial charge >= 0.3 is 0 Å². The lowest BCUT2D eigenvalue weighted by atomic mass is 10.1. The highest BCUT2D eigenvalue weighted by molar-refractivity contribution is 7.89. The lowest BCUT2D eigenvalue weighted by molar-refractivity contribution is -0.0440. The monoisotopic (exact) mass is 470 g/mol. The molecule has 1 aliphatic heterocycles. The molecule has 0 unspecified atom stereocenters. The molecule has 1 heterocycles. The number of carbonyl (C=O) groups excluding carboxylic acids is 1. The summed E-state index contributed by atoms with van der Waals surface area (Å²) in [6.07, 6.45) is -0.385. The zero-order valence-electron chi connectivity index (χ0n) is 17.0. The molecule has 0 aliphatic carbocycles. The molecule has 1 fully saturated rings. The van der Waals surface area contributed by atoms with Crippen LogP contribution in [0.4, 0.5) is 0 Å². The lowest BCUT2D eigenvalue weighted by Crippen LogP contribution is -2.48. The average Bonchev–Trinajstić information content (AvgIpc) is 2.70. The quantitative estimate of drug-likeness (QED) is 0.660. The van der Waals surface area contributed by atoms with Gasteiger partial charge in [-0.25, -0.2) is 8.42 Å². The molecule has 3 rings (SSSR count). The number of amides is 1. The summed E-state index contributed by atoms with van der Waals surface area (Å²) in [5.41, 5.74) is 0.992. The second kappa shape index (κ2) is 9.24. The number of nitrogens with zero attached hydrogens (tertiary/aromatic N) is 2. The van der Waals surface area contributed by atoms with E-state index in [2.05, 4.69) is 0 Å². The van der Waals surface area contributed by atoms with Gasteiger partial charge in [-0.15, -0.1) is 0 Å². The van der Waals surface area contributed by atoms with Crippen LogP contribution in [-0.4, -0.2) is 55.9 Å². The topological polar surface area (TPSA) is 66.9 Å². The van der Waals surface area contributed by atoms with E-state index in [9.17, 15) is 13.2 Å². The molecule has 1 saturated heterocycles. The van der Waals surface area contributed by atoms with Gasteiger partial charge in [0, 0.05) is 32.2 Å². The van der Waals surface area contributed by atoms with Crippen molar-refractivity contribution in [3.63, 3.8) is 0 Å². The van der Waals surface area contributed by atoms with Gasteiger partial charge in [-0.2, -0.15) is 4.31 Å². The Balaban J connectivity index is 1.82. The van der Waals surface area contributed by atoms with Crippen molar-refractivity contribution < 1.29 is 17.9 Å². The minimum Gasteiger partial charge on any atom is -0.373 e. The van der Waals surface area contributed by atoms with E-state index >= 15 is 0 Å². The molecule has 2 aromatic carbocycles. The van der Waals surface area contributed by atoms with Crippen molar-refractivity contribution >= 4 is 39.1 Å². The molecule has 30 heavy (non-hydrogen) atoms. The van der Waals surface area contributed by atoms with Crippen LogP contribution >= 0.6 is 23.2 Å². The maximum atomic E-state index is 13.1. The second-order valence-corrected chi connectivity index (χ2v) is 10.2. The number of sulfonamides is 1. The summed E-state index contributed by atoms with van der Waals surface area (Å²) in [5, 5.41) is 0.808. The average molecular weight is 471 g/mol. The molecule has 9 heteroatoms. The van der Waals surface area contributed by atoms with E-state index in [1.807, 2.05) is 13.8 Å². The Labute approximate surface area is 187 Å². The van der Waals surface area contributed by atoms with E-state index in [-0.39, 0.29) is 48.2 Å². The molecule has 0 N–H and O–H groups in total. The van der Waals surface area contributed by atoms with Gasteiger partial charge in [0.15, 0.2) is 0 Å². The molecular formula is C21H24Cl2N2O4S. The molecule has 0 saturated carbocycles. The minimum atomic E-state index is -3.74. The molecule has 162 valence electrons. The van der Waals surface area contributed by atoms with Crippen molar-refractivity contribution in [2.45, 2.75) is 37.5 Å². The first-order valence-electron chi connectivity index (χ1n) is 9.53. The molecule has 2 atom stereocenters. The highest BCUT2D eigenvalue weighted by Crippen LogP contribution is 2.27. The molecule has 6 nitrogen and oxygen atoms in total. The third kappa shape index (κ3) is 4.98. The van der Waals surface area contributed by atoms with Gasteiger partial charge in [0.25, 0.3) is 5.91 Å². The van der Waals surface area contributed by atoms with E-state index < -0.39 is 10.0 Å². The Bertz CT molecular complexity index is 1040. The smallest absolute Gasteiger partial charge is 0.253 e.